The van der Waals surface area contributed by atoms with Crippen LogP contribution < -0.4 is 5.73 Å². The predicted octanol–water partition coefficient (Wildman–Crippen LogP) is 1.94. The third-order valence-corrected chi connectivity index (χ3v) is 3.80. The number of nitrogens with two attached hydrogens (primary N) is 1. The first kappa shape index (κ1) is 19.7. The van der Waals surface area contributed by atoms with Crippen molar-refractivity contribution in [3.63, 3.8) is 0 Å². The number of amidine groups is 1. The number of hydrogen-bond donors (Lipinski definition) is 3. The van der Waals surface area contributed by atoms with Crippen LogP contribution in [0.1, 0.15) is 59.8 Å². The Kier molecular flexibility index (Phi) is 9.01. The first-order chi connectivity index (χ1) is 9.91. The molecule has 1 amide bonds. The van der Waals surface area contributed by atoms with Crippen molar-refractivity contribution in [2.75, 3.05) is 13.2 Å². The molecule has 0 aromatic heterocycles. The Balaban J connectivity index is 5.59. The molecule has 0 spiro atoms. The van der Waals surface area contributed by atoms with Gasteiger partial charge in [-0.1, -0.05) is 31.8 Å². The predicted molar refractivity (Wildman–Crippen MR) is 84.2 cm³/mol. The summed E-state index contributed by atoms with van der Waals surface area (Å²) in [5, 5.41) is 21.3. The van der Waals surface area contributed by atoms with E-state index < -0.39 is 5.41 Å². The summed E-state index contributed by atoms with van der Waals surface area (Å²) in [7, 11) is 0. The third kappa shape index (κ3) is 4.88. The fourth-order valence-electron chi connectivity index (χ4n) is 2.76. The number of rotatable bonds is 10. The van der Waals surface area contributed by atoms with Crippen LogP contribution in [0, 0.1) is 5.41 Å². The molecule has 0 aromatic carbocycles. The van der Waals surface area contributed by atoms with Crippen LogP contribution in [0.25, 0.3) is 0 Å². The molecule has 21 heavy (non-hydrogen) atoms. The minimum absolute atomic E-state index is 0.00336. The molecule has 0 saturated heterocycles. The second-order valence-corrected chi connectivity index (χ2v) is 5.74. The summed E-state index contributed by atoms with van der Waals surface area (Å²) in [5.74, 6) is -0.115. The summed E-state index contributed by atoms with van der Waals surface area (Å²) < 4.78 is 0. The smallest absolute Gasteiger partial charge is 0.236 e. The number of aliphatic hydroxyl groups excluding tert-OH is 1. The molecule has 0 fully saturated rings. The number of nitrogens with zero attached hydrogens (tertiary/aromatic N) is 2. The van der Waals surface area contributed by atoms with Crippen molar-refractivity contribution in [3.8, 4) is 0 Å². The normalized spacial score (nSPS) is 12.8. The number of hydrogen-bond acceptors (Lipinski definition) is 4. The molecule has 0 aliphatic carbocycles. The molecular formula is C15H31N3O3. The van der Waals surface area contributed by atoms with Gasteiger partial charge in [-0.15, -0.1) is 0 Å². The first-order valence-corrected chi connectivity index (χ1v) is 7.81. The minimum Gasteiger partial charge on any atom is -0.409 e. The second kappa shape index (κ2) is 9.60. The van der Waals surface area contributed by atoms with Gasteiger partial charge in [-0.05, 0) is 33.1 Å². The third-order valence-electron chi connectivity index (χ3n) is 3.80. The molecule has 0 aliphatic rings. The molecule has 124 valence electrons. The van der Waals surface area contributed by atoms with Crippen LogP contribution in [-0.4, -0.2) is 46.1 Å². The topological polar surface area (TPSA) is 99.2 Å². The lowest BCUT2D eigenvalue weighted by molar-refractivity contribution is -0.141. The van der Waals surface area contributed by atoms with Crippen molar-refractivity contribution in [1.82, 2.24) is 4.90 Å². The van der Waals surface area contributed by atoms with Crippen LogP contribution in [0.15, 0.2) is 5.16 Å². The average Bonchev–Trinajstić information content (AvgIpc) is 2.45. The van der Waals surface area contributed by atoms with E-state index in [2.05, 4.69) is 5.16 Å². The van der Waals surface area contributed by atoms with E-state index in [4.69, 9.17) is 16.0 Å². The molecule has 4 N–H and O–H groups in total. The van der Waals surface area contributed by atoms with Crippen molar-refractivity contribution < 1.29 is 15.1 Å². The van der Waals surface area contributed by atoms with Gasteiger partial charge in [0.2, 0.25) is 5.91 Å². The molecular weight excluding hydrogens is 270 g/mol. The van der Waals surface area contributed by atoms with Gasteiger partial charge >= 0.3 is 0 Å². The quantitative estimate of drug-likeness (QED) is 0.248. The second-order valence-electron chi connectivity index (χ2n) is 5.74. The minimum atomic E-state index is -0.946. The van der Waals surface area contributed by atoms with E-state index in [-0.39, 0.29) is 24.4 Å². The van der Waals surface area contributed by atoms with E-state index >= 15 is 0 Å². The van der Waals surface area contributed by atoms with Crippen molar-refractivity contribution in [2.45, 2.75) is 65.8 Å². The van der Waals surface area contributed by atoms with Gasteiger partial charge in [0.15, 0.2) is 5.84 Å². The summed E-state index contributed by atoms with van der Waals surface area (Å²) in [4.78, 5) is 14.8. The average molecular weight is 301 g/mol. The Morgan fingerprint density at radius 1 is 1.29 bits per heavy atom. The Labute approximate surface area is 128 Å². The maximum atomic E-state index is 13.1. The van der Waals surface area contributed by atoms with Crippen LogP contribution in [0.5, 0.6) is 0 Å². The highest BCUT2D eigenvalue weighted by Gasteiger charge is 2.44. The van der Waals surface area contributed by atoms with Crippen LogP contribution in [0.3, 0.4) is 0 Å². The van der Waals surface area contributed by atoms with Gasteiger partial charge in [0, 0.05) is 19.2 Å². The number of carbonyl (C=O) groups is 1. The van der Waals surface area contributed by atoms with E-state index in [9.17, 15) is 4.79 Å². The summed E-state index contributed by atoms with van der Waals surface area (Å²) in [6.45, 7) is 8.34. The zero-order chi connectivity index (χ0) is 16.5. The van der Waals surface area contributed by atoms with E-state index in [1.54, 1.807) is 4.90 Å². The molecule has 6 nitrogen and oxygen atoms in total. The summed E-state index contributed by atoms with van der Waals surface area (Å²) >= 11 is 0. The first-order valence-electron chi connectivity index (χ1n) is 7.81. The number of aliphatic hydroxyl groups is 1. The van der Waals surface area contributed by atoms with Crippen LogP contribution in [-0.2, 0) is 4.79 Å². The monoisotopic (exact) mass is 301 g/mol. The highest BCUT2D eigenvalue weighted by molar-refractivity contribution is 6.06. The molecule has 0 aliphatic heterocycles. The van der Waals surface area contributed by atoms with E-state index in [1.807, 2.05) is 27.7 Å². The molecule has 0 radical (unpaired) electrons. The lowest BCUT2D eigenvalue weighted by atomic mass is 9.76. The SMILES string of the molecule is CCCC(CCC)(C(=O)N(CCCO)C(C)C)C(N)=NO. The summed E-state index contributed by atoms with van der Waals surface area (Å²) in [5.41, 5.74) is 4.95. The summed E-state index contributed by atoms with van der Waals surface area (Å²) in [6, 6.07) is 0.00336. The van der Waals surface area contributed by atoms with Crippen LogP contribution in [0.4, 0.5) is 0 Å². The largest absolute Gasteiger partial charge is 0.409 e. The lowest BCUT2D eigenvalue weighted by Gasteiger charge is -2.38. The zero-order valence-electron chi connectivity index (χ0n) is 13.8. The maximum absolute atomic E-state index is 13.1. The highest BCUT2D eigenvalue weighted by Crippen LogP contribution is 2.33. The molecule has 6 heteroatoms. The zero-order valence-corrected chi connectivity index (χ0v) is 13.8. The van der Waals surface area contributed by atoms with Crippen LogP contribution in [0.2, 0.25) is 0 Å². The van der Waals surface area contributed by atoms with E-state index in [0.717, 1.165) is 12.8 Å². The fraction of sp³-hybridized carbons (Fsp3) is 0.867. The van der Waals surface area contributed by atoms with Gasteiger partial charge in [0.05, 0.1) is 0 Å². The van der Waals surface area contributed by atoms with Gasteiger partial charge in [-0.25, -0.2) is 0 Å². The summed E-state index contributed by atoms with van der Waals surface area (Å²) in [6.07, 6.45) is 3.17. The number of oxime groups is 1. The Hall–Kier alpha value is -1.30. The Morgan fingerprint density at radius 3 is 2.14 bits per heavy atom. The van der Waals surface area contributed by atoms with E-state index in [0.29, 0.717) is 25.8 Å². The van der Waals surface area contributed by atoms with Crippen molar-refractivity contribution >= 4 is 11.7 Å². The van der Waals surface area contributed by atoms with Gasteiger partial charge in [0.25, 0.3) is 0 Å². The standard InChI is InChI=1S/C15H31N3O3/c1-5-8-15(9-6-2,13(16)17-21)14(20)18(12(3)4)10-7-11-19/h12,19,21H,5-11H2,1-4H3,(H2,16,17). The number of amides is 1. The Morgan fingerprint density at radius 2 is 1.81 bits per heavy atom. The van der Waals surface area contributed by atoms with Crippen molar-refractivity contribution in [1.29, 1.82) is 0 Å². The van der Waals surface area contributed by atoms with Gasteiger partial charge in [0.1, 0.15) is 5.41 Å². The van der Waals surface area contributed by atoms with Gasteiger partial charge in [-0.2, -0.15) is 0 Å². The molecule has 0 bridgehead atoms. The van der Waals surface area contributed by atoms with E-state index in [1.165, 1.54) is 0 Å². The molecule has 0 saturated carbocycles. The van der Waals surface area contributed by atoms with Crippen LogP contribution >= 0.6 is 0 Å². The highest BCUT2D eigenvalue weighted by atomic mass is 16.4. The maximum Gasteiger partial charge on any atom is 0.236 e. The molecule has 0 heterocycles. The number of carbonyl (C=O) groups excluding carboxylic acids is 1. The lowest BCUT2D eigenvalue weighted by Crippen LogP contribution is -2.53. The molecule has 0 unspecified atom stereocenters. The van der Waals surface area contributed by atoms with Gasteiger partial charge in [-0.3, -0.25) is 4.79 Å². The molecule has 0 atom stereocenters. The van der Waals surface area contributed by atoms with Crippen molar-refractivity contribution in [2.24, 2.45) is 16.3 Å². The van der Waals surface area contributed by atoms with Crippen molar-refractivity contribution in [3.05, 3.63) is 0 Å². The van der Waals surface area contributed by atoms with Gasteiger partial charge < -0.3 is 20.9 Å². The Bertz CT molecular complexity index is 337. The molecule has 0 aromatic rings. The fourth-order valence-corrected chi connectivity index (χ4v) is 2.76. The molecule has 0 rings (SSSR count).